The van der Waals surface area contributed by atoms with Crippen molar-refractivity contribution in [3.8, 4) is 5.75 Å². The smallest absolute Gasteiger partial charge is 0.224 e. The third kappa shape index (κ3) is 2.95. The van der Waals surface area contributed by atoms with E-state index in [1.165, 1.54) is 0 Å². The molecule has 0 saturated heterocycles. The zero-order valence-electron chi connectivity index (χ0n) is 12.8. The number of amides is 1. The highest BCUT2D eigenvalue weighted by Gasteiger charge is 2.24. The fraction of sp³-hybridized carbons (Fsp3) is 0.471. The Bertz CT molecular complexity index is 665. The summed E-state index contributed by atoms with van der Waals surface area (Å²) >= 11 is 0. The van der Waals surface area contributed by atoms with Crippen LogP contribution in [0.3, 0.4) is 0 Å². The lowest BCUT2D eigenvalue weighted by Gasteiger charge is -2.28. The van der Waals surface area contributed by atoms with Gasteiger partial charge in [-0.25, -0.2) is 0 Å². The quantitative estimate of drug-likeness (QED) is 0.810. The molecule has 1 amide bonds. The minimum Gasteiger partial charge on any atom is -0.496 e. The van der Waals surface area contributed by atoms with Crippen molar-refractivity contribution in [1.82, 2.24) is 10.3 Å². The maximum atomic E-state index is 12.3. The van der Waals surface area contributed by atoms with Gasteiger partial charge in [0, 0.05) is 17.1 Å². The van der Waals surface area contributed by atoms with Crippen LogP contribution in [0.25, 0.3) is 10.9 Å². The molecule has 0 aliphatic heterocycles. The summed E-state index contributed by atoms with van der Waals surface area (Å²) in [5, 5.41) is 13.9. The molecular formula is C17H22N2O3. The van der Waals surface area contributed by atoms with Gasteiger partial charge in [0.05, 0.1) is 25.7 Å². The standard InChI is InChI=1S/C17H22N2O3/c1-22-15-8-4-6-13-17(15)11(10-18-13)9-16(21)19-12-5-2-3-7-14(12)20/h4,6,8,10,12,14,18,20H,2-3,5,7,9H2,1H3,(H,19,21). The number of aliphatic hydroxyl groups is 1. The van der Waals surface area contributed by atoms with Gasteiger partial charge in [-0.05, 0) is 30.5 Å². The number of benzene rings is 1. The summed E-state index contributed by atoms with van der Waals surface area (Å²) in [6.45, 7) is 0. The molecule has 5 nitrogen and oxygen atoms in total. The number of hydrogen-bond acceptors (Lipinski definition) is 3. The SMILES string of the molecule is COc1cccc2[nH]cc(CC(=O)NC3CCCCC3O)c12. The largest absolute Gasteiger partial charge is 0.496 e. The van der Waals surface area contributed by atoms with Crippen LogP contribution in [0.2, 0.25) is 0 Å². The molecule has 5 heteroatoms. The molecule has 0 bridgehead atoms. The molecule has 1 heterocycles. The Morgan fingerprint density at radius 1 is 1.41 bits per heavy atom. The number of aromatic nitrogens is 1. The summed E-state index contributed by atoms with van der Waals surface area (Å²) in [6.07, 6.45) is 5.43. The maximum Gasteiger partial charge on any atom is 0.224 e. The molecule has 1 aliphatic carbocycles. The van der Waals surface area contributed by atoms with Gasteiger partial charge in [0.1, 0.15) is 5.75 Å². The fourth-order valence-electron chi connectivity index (χ4n) is 3.24. The van der Waals surface area contributed by atoms with E-state index in [2.05, 4.69) is 10.3 Å². The number of aromatic amines is 1. The number of fused-ring (bicyclic) bond motifs is 1. The number of methoxy groups -OCH3 is 1. The van der Waals surface area contributed by atoms with Gasteiger partial charge in [0.15, 0.2) is 0 Å². The minimum absolute atomic E-state index is 0.0576. The van der Waals surface area contributed by atoms with Gasteiger partial charge in [0.2, 0.25) is 5.91 Å². The monoisotopic (exact) mass is 302 g/mol. The molecule has 1 aromatic heterocycles. The first-order chi connectivity index (χ1) is 10.7. The van der Waals surface area contributed by atoms with E-state index in [9.17, 15) is 9.90 Å². The third-order valence-corrected chi connectivity index (χ3v) is 4.40. The van der Waals surface area contributed by atoms with Gasteiger partial charge in [-0.2, -0.15) is 0 Å². The van der Waals surface area contributed by atoms with Crippen molar-refractivity contribution in [1.29, 1.82) is 0 Å². The minimum atomic E-state index is -0.421. The summed E-state index contributed by atoms with van der Waals surface area (Å²) < 4.78 is 5.38. The number of H-pyrrole nitrogens is 1. The van der Waals surface area contributed by atoms with E-state index >= 15 is 0 Å². The molecule has 2 aromatic rings. The van der Waals surface area contributed by atoms with Crippen LogP contribution in [0.4, 0.5) is 0 Å². The zero-order valence-corrected chi connectivity index (χ0v) is 12.8. The Balaban J connectivity index is 1.74. The van der Waals surface area contributed by atoms with E-state index in [0.29, 0.717) is 0 Å². The molecule has 1 saturated carbocycles. The number of hydrogen-bond donors (Lipinski definition) is 3. The average molecular weight is 302 g/mol. The zero-order chi connectivity index (χ0) is 15.5. The highest BCUT2D eigenvalue weighted by Crippen LogP contribution is 2.29. The van der Waals surface area contributed by atoms with Gasteiger partial charge in [-0.1, -0.05) is 18.9 Å². The summed E-state index contributed by atoms with van der Waals surface area (Å²) in [5.41, 5.74) is 1.87. The van der Waals surface area contributed by atoms with E-state index in [-0.39, 0.29) is 18.4 Å². The molecule has 0 spiro atoms. The highest BCUT2D eigenvalue weighted by molar-refractivity contribution is 5.93. The second kappa shape index (κ2) is 6.40. The predicted molar refractivity (Wildman–Crippen MR) is 85.0 cm³/mol. The van der Waals surface area contributed by atoms with E-state index in [4.69, 9.17) is 4.74 Å². The summed E-state index contributed by atoms with van der Waals surface area (Å²) in [7, 11) is 1.63. The first-order valence-corrected chi connectivity index (χ1v) is 7.79. The Morgan fingerprint density at radius 2 is 2.23 bits per heavy atom. The number of nitrogens with one attached hydrogen (secondary N) is 2. The second-order valence-corrected chi connectivity index (χ2v) is 5.90. The highest BCUT2D eigenvalue weighted by atomic mass is 16.5. The average Bonchev–Trinajstić information content (AvgIpc) is 2.93. The van der Waals surface area contributed by atoms with Crippen LogP contribution in [0.5, 0.6) is 5.75 Å². The van der Waals surface area contributed by atoms with E-state index in [0.717, 1.165) is 47.9 Å². The normalized spacial score (nSPS) is 21.7. The van der Waals surface area contributed by atoms with Crippen LogP contribution in [0, 0.1) is 0 Å². The Hall–Kier alpha value is -2.01. The Kier molecular flexibility index (Phi) is 4.34. The maximum absolute atomic E-state index is 12.3. The molecule has 0 radical (unpaired) electrons. The molecule has 1 aliphatic rings. The Labute approximate surface area is 129 Å². The Morgan fingerprint density at radius 3 is 3.00 bits per heavy atom. The van der Waals surface area contributed by atoms with Gasteiger partial charge in [-0.15, -0.1) is 0 Å². The molecule has 3 N–H and O–H groups in total. The van der Waals surface area contributed by atoms with Crippen LogP contribution in [-0.2, 0) is 11.2 Å². The molecule has 118 valence electrons. The predicted octanol–water partition coefficient (Wildman–Crippen LogP) is 2.14. The topological polar surface area (TPSA) is 74.4 Å². The number of carbonyl (C=O) groups is 1. The van der Waals surface area contributed by atoms with Gasteiger partial charge >= 0.3 is 0 Å². The number of aliphatic hydroxyl groups excluding tert-OH is 1. The molecule has 3 rings (SSSR count). The van der Waals surface area contributed by atoms with Crippen LogP contribution in [-0.4, -0.2) is 35.3 Å². The lowest BCUT2D eigenvalue weighted by Crippen LogP contribution is -2.45. The van der Waals surface area contributed by atoms with E-state index in [1.807, 2.05) is 24.4 Å². The first kappa shape index (κ1) is 14.9. The summed E-state index contributed by atoms with van der Waals surface area (Å²) in [4.78, 5) is 15.5. The van der Waals surface area contributed by atoms with Crippen molar-refractivity contribution in [2.24, 2.45) is 0 Å². The molecule has 2 unspecified atom stereocenters. The van der Waals surface area contributed by atoms with Crippen molar-refractivity contribution >= 4 is 16.8 Å². The summed E-state index contributed by atoms with van der Waals surface area (Å²) in [6, 6.07) is 5.65. The molecule has 22 heavy (non-hydrogen) atoms. The van der Waals surface area contributed by atoms with Crippen molar-refractivity contribution in [3.05, 3.63) is 30.0 Å². The van der Waals surface area contributed by atoms with Crippen LogP contribution in [0.1, 0.15) is 31.2 Å². The number of carbonyl (C=O) groups excluding carboxylic acids is 1. The van der Waals surface area contributed by atoms with E-state index < -0.39 is 6.10 Å². The lowest BCUT2D eigenvalue weighted by molar-refractivity contribution is -0.122. The fourth-order valence-corrected chi connectivity index (χ4v) is 3.24. The molecule has 1 fully saturated rings. The molecule has 2 atom stereocenters. The van der Waals surface area contributed by atoms with Gasteiger partial charge in [0.25, 0.3) is 0 Å². The lowest BCUT2D eigenvalue weighted by atomic mass is 9.92. The number of ether oxygens (including phenoxy) is 1. The third-order valence-electron chi connectivity index (χ3n) is 4.40. The second-order valence-electron chi connectivity index (χ2n) is 5.90. The van der Waals surface area contributed by atoms with Crippen molar-refractivity contribution in [2.75, 3.05) is 7.11 Å². The van der Waals surface area contributed by atoms with Crippen LogP contribution in [0.15, 0.2) is 24.4 Å². The van der Waals surface area contributed by atoms with Gasteiger partial charge < -0.3 is 20.1 Å². The molecular weight excluding hydrogens is 280 g/mol. The van der Waals surface area contributed by atoms with E-state index in [1.54, 1.807) is 7.11 Å². The van der Waals surface area contributed by atoms with Crippen LogP contribution >= 0.6 is 0 Å². The number of rotatable bonds is 4. The van der Waals surface area contributed by atoms with Crippen LogP contribution < -0.4 is 10.1 Å². The van der Waals surface area contributed by atoms with Crippen molar-refractivity contribution in [2.45, 2.75) is 44.2 Å². The summed E-state index contributed by atoms with van der Waals surface area (Å²) in [5.74, 6) is 0.706. The van der Waals surface area contributed by atoms with Crippen molar-refractivity contribution < 1.29 is 14.6 Å². The van der Waals surface area contributed by atoms with Gasteiger partial charge in [-0.3, -0.25) is 4.79 Å². The first-order valence-electron chi connectivity index (χ1n) is 7.79. The molecule has 1 aromatic carbocycles. The van der Waals surface area contributed by atoms with Crippen molar-refractivity contribution in [3.63, 3.8) is 0 Å².